The van der Waals surface area contributed by atoms with Crippen molar-refractivity contribution >= 4 is 23.1 Å². The summed E-state index contributed by atoms with van der Waals surface area (Å²) in [4.78, 5) is 22.8. The molecule has 0 fully saturated rings. The monoisotopic (exact) mass is 220 g/mol. The molecule has 5 nitrogen and oxygen atoms in total. The van der Waals surface area contributed by atoms with Crippen LogP contribution >= 0.6 is 0 Å². The molecule has 1 aromatic rings. The maximum atomic E-state index is 11.4. The molecule has 0 saturated carbocycles. The average molecular weight is 220 g/mol. The highest BCUT2D eigenvalue weighted by atomic mass is 16.5. The molecule has 1 heterocycles. The van der Waals surface area contributed by atoms with Gasteiger partial charge in [-0.05, 0) is 26.0 Å². The van der Waals surface area contributed by atoms with E-state index in [-0.39, 0.29) is 11.7 Å². The van der Waals surface area contributed by atoms with Gasteiger partial charge in [-0.3, -0.25) is 9.59 Å². The van der Waals surface area contributed by atoms with Crippen LogP contribution in [0.15, 0.2) is 12.1 Å². The molecular weight excluding hydrogens is 208 g/mol. The van der Waals surface area contributed by atoms with Gasteiger partial charge in [-0.1, -0.05) is 0 Å². The predicted octanol–water partition coefficient (Wildman–Crippen LogP) is 1.19. The molecule has 0 saturated heterocycles. The highest BCUT2D eigenvalue weighted by Gasteiger charge is 2.27. The first-order valence-electron chi connectivity index (χ1n) is 4.91. The van der Waals surface area contributed by atoms with Crippen LogP contribution in [0.25, 0.3) is 0 Å². The van der Waals surface area contributed by atoms with E-state index in [0.29, 0.717) is 22.7 Å². The van der Waals surface area contributed by atoms with Crippen molar-refractivity contribution in [2.24, 2.45) is 0 Å². The standard InChI is InChI=1S/C11H12N2O3/c1-5(14)8-3-7(12)4-9-10(8)16-6(2)11(15)13-9/h3-4,6H,12H2,1-2H3,(H,13,15). The number of nitrogen functional groups attached to an aromatic ring is 1. The van der Waals surface area contributed by atoms with Crippen LogP contribution in [-0.2, 0) is 4.79 Å². The minimum Gasteiger partial charge on any atom is -0.478 e. The average Bonchev–Trinajstić information content (AvgIpc) is 2.19. The number of nitrogens with two attached hydrogens (primary N) is 1. The number of ether oxygens (including phenoxy) is 1. The number of carbonyl (C=O) groups is 2. The van der Waals surface area contributed by atoms with Crippen LogP contribution in [-0.4, -0.2) is 17.8 Å². The number of nitrogens with one attached hydrogen (secondary N) is 1. The Morgan fingerprint density at radius 1 is 1.50 bits per heavy atom. The molecule has 1 aliphatic heterocycles. The molecule has 16 heavy (non-hydrogen) atoms. The molecule has 0 aliphatic carbocycles. The van der Waals surface area contributed by atoms with Crippen LogP contribution in [0.4, 0.5) is 11.4 Å². The third-order valence-electron chi connectivity index (χ3n) is 2.41. The molecule has 1 amide bonds. The third-order valence-corrected chi connectivity index (χ3v) is 2.41. The first kappa shape index (κ1) is 10.5. The first-order valence-corrected chi connectivity index (χ1v) is 4.91. The molecule has 0 bridgehead atoms. The maximum Gasteiger partial charge on any atom is 0.265 e. The number of rotatable bonds is 1. The molecule has 1 atom stereocenters. The second-order valence-electron chi connectivity index (χ2n) is 3.75. The number of amides is 1. The summed E-state index contributed by atoms with van der Waals surface area (Å²) in [5.41, 5.74) is 6.90. The van der Waals surface area contributed by atoms with Gasteiger partial charge in [-0.15, -0.1) is 0 Å². The molecule has 0 spiro atoms. The van der Waals surface area contributed by atoms with Crippen LogP contribution in [0, 0.1) is 0 Å². The number of ketones is 1. The Morgan fingerprint density at radius 3 is 2.81 bits per heavy atom. The van der Waals surface area contributed by atoms with Crippen LogP contribution in [0.1, 0.15) is 24.2 Å². The van der Waals surface area contributed by atoms with Crippen molar-refractivity contribution in [3.05, 3.63) is 17.7 Å². The largest absolute Gasteiger partial charge is 0.478 e. The molecule has 1 aliphatic rings. The van der Waals surface area contributed by atoms with Crippen molar-refractivity contribution < 1.29 is 14.3 Å². The quantitative estimate of drug-likeness (QED) is 0.550. The topological polar surface area (TPSA) is 81.4 Å². The normalized spacial score (nSPS) is 18.4. The Morgan fingerprint density at radius 2 is 2.19 bits per heavy atom. The second-order valence-corrected chi connectivity index (χ2v) is 3.75. The zero-order valence-corrected chi connectivity index (χ0v) is 9.03. The zero-order valence-electron chi connectivity index (χ0n) is 9.03. The van der Waals surface area contributed by atoms with Crippen LogP contribution < -0.4 is 15.8 Å². The number of hydrogen-bond donors (Lipinski definition) is 2. The first-order chi connectivity index (χ1) is 7.49. The van der Waals surface area contributed by atoms with Crippen molar-refractivity contribution in [1.82, 2.24) is 0 Å². The lowest BCUT2D eigenvalue weighted by molar-refractivity contribution is -0.122. The summed E-state index contributed by atoms with van der Waals surface area (Å²) in [7, 11) is 0. The van der Waals surface area contributed by atoms with Gasteiger partial charge < -0.3 is 15.8 Å². The number of Topliss-reactive ketones (excluding diaryl/α,β-unsaturated/α-hetero) is 1. The van der Waals surface area contributed by atoms with E-state index in [1.165, 1.54) is 6.92 Å². The summed E-state index contributed by atoms with van der Waals surface area (Å²) in [6.45, 7) is 3.05. The van der Waals surface area contributed by atoms with E-state index in [2.05, 4.69) is 5.32 Å². The highest BCUT2D eigenvalue weighted by molar-refractivity contribution is 6.05. The lowest BCUT2D eigenvalue weighted by Gasteiger charge is -2.25. The molecule has 1 aromatic carbocycles. The third kappa shape index (κ3) is 1.60. The Hall–Kier alpha value is -2.04. The van der Waals surface area contributed by atoms with Gasteiger partial charge in [0.2, 0.25) is 0 Å². The predicted molar refractivity (Wildman–Crippen MR) is 59.6 cm³/mol. The van der Waals surface area contributed by atoms with Crippen molar-refractivity contribution in [3.63, 3.8) is 0 Å². The molecule has 5 heteroatoms. The molecule has 3 N–H and O–H groups in total. The SMILES string of the molecule is CC(=O)c1cc(N)cc2c1OC(C)C(=O)N2. The molecule has 2 rings (SSSR count). The number of anilines is 2. The van der Waals surface area contributed by atoms with Crippen molar-refractivity contribution in [2.45, 2.75) is 20.0 Å². The van der Waals surface area contributed by atoms with Gasteiger partial charge in [0.1, 0.15) is 0 Å². The van der Waals surface area contributed by atoms with Crippen molar-refractivity contribution in [2.75, 3.05) is 11.1 Å². The lowest BCUT2D eigenvalue weighted by atomic mass is 10.1. The van der Waals surface area contributed by atoms with E-state index >= 15 is 0 Å². The number of fused-ring (bicyclic) bond motifs is 1. The number of carbonyl (C=O) groups excluding carboxylic acids is 2. The summed E-state index contributed by atoms with van der Waals surface area (Å²) in [6.07, 6.45) is -0.603. The number of benzene rings is 1. The lowest BCUT2D eigenvalue weighted by Crippen LogP contribution is -2.35. The Bertz CT molecular complexity index is 482. The molecule has 84 valence electrons. The smallest absolute Gasteiger partial charge is 0.265 e. The van der Waals surface area contributed by atoms with Gasteiger partial charge in [0, 0.05) is 5.69 Å². The van der Waals surface area contributed by atoms with Crippen LogP contribution in [0.5, 0.6) is 5.75 Å². The Labute approximate surface area is 92.6 Å². The van der Waals surface area contributed by atoms with E-state index in [9.17, 15) is 9.59 Å². The van der Waals surface area contributed by atoms with E-state index in [4.69, 9.17) is 10.5 Å². The van der Waals surface area contributed by atoms with E-state index in [1.54, 1.807) is 19.1 Å². The van der Waals surface area contributed by atoms with Gasteiger partial charge in [-0.25, -0.2) is 0 Å². The van der Waals surface area contributed by atoms with E-state index < -0.39 is 6.10 Å². The molecule has 1 unspecified atom stereocenters. The second kappa shape index (κ2) is 3.52. The molecule has 0 aromatic heterocycles. The van der Waals surface area contributed by atoms with E-state index in [1.807, 2.05) is 0 Å². The van der Waals surface area contributed by atoms with Crippen LogP contribution in [0.3, 0.4) is 0 Å². The van der Waals surface area contributed by atoms with Gasteiger partial charge in [0.15, 0.2) is 17.6 Å². The summed E-state index contributed by atoms with van der Waals surface area (Å²) in [5, 5.41) is 2.65. The molecule has 0 radical (unpaired) electrons. The summed E-state index contributed by atoms with van der Waals surface area (Å²) >= 11 is 0. The van der Waals surface area contributed by atoms with Gasteiger partial charge in [0.05, 0.1) is 11.3 Å². The summed E-state index contributed by atoms with van der Waals surface area (Å²) in [5.74, 6) is 0.00769. The Kier molecular flexibility index (Phi) is 2.30. The van der Waals surface area contributed by atoms with Crippen LogP contribution in [0.2, 0.25) is 0 Å². The fraction of sp³-hybridized carbons (Fsp3) is 0.273. The minimum atomic E-state index is -0.603. The minimum absolute atomic E-state index is 0.146. The highest BCUT2D eigenvalue weighted by Crippen LogP contribution is 2.35. The summed E-state index contributed by atoms with van der Waals surface area (Å²) < 4.78 is 5.40. The zero-order chi connectivity index (χ0) is 11.9. The van der Waals surface area contributed by atoms with Crippen molar-refractivity contribution in [1.29, 1.82) is 0 Å². The maximum absolute atomic E-state index is 11.4. The molecular formula is C11H12N2O3. The van der Waals surface area contributed by atoms with Crippen molar-refractivity contribution in [3.8, 4) is 5.75 Å². The number of hydrogen-bond acceptors (Lipinski definition) is 4. The Balaban J connectivity index is 2.59. The summed E-state index contributed by atoms with van der Waals surface area (Å²) in [6, 6.07) is 3.12. The van der Waals surface area contributed by atoms with Gasteiger partial charge in [0.25, 0.3) is 5.91 Å². The van der Waals surface area contributed by atoms with Gasteiger partial charge >= 0.3 is 0 Å². The van der Waals surface area contributed by atoms with Gasteiger partial charge in [-0.2, -0.15) is 0 Å². The fourth-order valence-electron chi connectivity index (χ4n) is 1.60. The fourth-order valence-corrected chi connectivity index (χ4v) is 1.60. The van der Waals surface area contributed by atoms with E-state index in [0.717, 1.165) is 0 Å².